The number of carbonyl (C=O) groups is 1. The van der Waals surface area contributed by atoms with Crippen LogP contribution in [0.4, 0.5) is 0 Å². The fraction of sp³-hybridized carbons (Fsp3) is 0.429. The number of amides is 1. The van der Waals surface area contributed by atoms with Crippen molar-refractivity contribution in [2.75, 3.05) is 27.3 Å². The summed E-state index contributed by atoms with van der Waals surface area (Å²) in [6.45, 7) is 1.38. The Bertz CT molecular complexity index is 1010. The molecule has 0 spiro atoms. The second-order valence-corrected chi connectivity index (χ2v) is 8.44. The lowest BCUT2D eigenvalue weighted by atomic mass is 9.97. The van der Waals surface area contributed by atoms with Crippen molar-refractivity contribution in [3.8, 4) is 11.6 Å². The Morgan fingerprint density at radius 2 is 1.87 bits per heavy atom. The molecule has 158 valence electrons. The topological polar surface area (TPSA) is 82.4 Å². The van der Waals surface area contributed by atoms with E-state index in [9.17, 15) is 4.79 Å². The van der Waals surface area contributed by atoms with Gasteiger partial charge in [0.25, 0.3) is 5.91 Å². The van der Waals surface area contributed by atoms with Crippen LogP contribution in [-0.2, 0) is 13.5 Å². The number of hydrogen-bond acceptors (Lipinski definition) is 7. The van der Waals surface area contributed by atoms with E-state index in [0.29, 0.717) is 30.5 Å². The standard InChI is InChI=1S/C21H25N5O3S/c1-25-13-17(19(24-25)29-3)21(27)26-10-8-15(9-11-26)20-23-22-18(30-20)12-14-4-6-16(28-2)7-5-14/h4-7,13,15H,8-12H2,1-3H3. The third-order valence-corrected chi connectivity index (χ3v) is 6.43. The summed E-state index contributed by atoms with van der Waals surface area (Å²) in [5.74, 6) is 1.53. The van der Waals surface area contributed by atoms with Gasteiger partial charge in [-0.2, -0.15) is 0 Å². The van der Waals surface area contributed by atoms with Crippen LogP contribution in [-0.4, -0.2) is 58.1 Å². The third-order valence-electron chi connectivity index (χ3n) is 5.35. The van der Waals surface area contributed by atoms with Crippen molar-refractivity contribution in [2.24, 2.45) is 7.05 Å². The molecule has 4 rings (SSSR count). The molecule has 0 atom stereocenters. The lowest BCUT2D eigenvalue weighted by Crippen LogP contribution is -2.37. The summed E-state index contributed by atoms with van der Waals surface area (Å²) in [5.41, 5.74) is 1.69. The van der Waals surface area contributed by atoms with Gasteiger partial charge < -0.3 is 14.4 Å². The fourth-order valence-electron chi connectivity index (χ4n) is 3.69. The number of methoxy groups -OCH3 is 2. The molecule has 2 aromatic heterocycles. The summed E-state index contributed by atoms with van der Waals surface area (Å²) < 4.78 is 12.0. The van der Waals surface area contributed by atoms with Gasteiger partial charge in [0.05, 0.1) is 14.2 Å². The molecule has 0 unspecified atom stereocenters. The highest BCUT2D eigenvalue weighted by Crippen LogP contribution is 2.32. The first-order valence-electron chi connectivity index (χ1n) is 9.89. The maximum atomic E-state index is 12.8. The minimum atomic E-state index is -0.0316. The zero-order valence-electron chi connectivity index (χ0n) is 17.4. The molecular formula is C21H25N5O3S. The maximum Gasteiger partial charge on any atom is 0.260 e. The number of nitrogens with zero attached hydrogens (tertiary/aromatic N) is 5. The Labute approximate surface area is 179 Å². The van der Waals surface area contributed by atoms with E-state index in [1.54, 1.807) is 36.4 Å². The van der Waals surface area contributed by atoms with E-state index in [0.717, 1.165) is 35.0 Å². The van der Waals surface area contributed by atoms with Gasteiger partial charge in [0.1, 0.15) is 21.3 Å². The first kappa shape index (κ1) is 20.3. The van der Waals surface area contributed by atoms with E-state index in [1.807, 2.05) is 17.0 Å². The highest BCUT2D eigenvalue weighted by Gasteiger charge is 2.29. The number of piperidine rings is 1. The Balaban J connectivity index is 1.35. The van der Waals surface area contributed by atoms with Gasteiger partial charge in [0.15, 0.2) is 0 Å². The van der Waals surface area contributed by atoms with Crippen molar-refractivity contribution in [1.29, 1.82) is 0 Å². The molecule has 1 saturated heterocycles. The Kier molecular flexibility index (Phi) is 5.98. The molecule has 1 aliphatic rings. The molecule has 1 fully saturated rings. The van der Waals surface area contributed by atoms with Gasteiger partial charge in [-0.25, -0.2) is 0 Å². The highest BCUT2D eigenvalue weighted by atomic mass is 32.1. The van der Waals surface area contributed by atoms with Gasteiger partial charge >= 0.3 is 0 Å². The summed E-state index contributed by atoms with van der Waals surface area (Å²) in [7, 11) is 4.98. The van der Waals surface area contributed by atoms with E-state index in [2.05, 4.69) is 27.4 Å². The lowest BCUT2D eigenvalue weighted by molar-refractivity contribution is 0.0709. The minimum Gasteiger partial charge on any atom is -0.497 e. The van der Waals surface area contributed by atoms with E-state index in [1.165, 1.54) is 12.7 Å². The number of carbonyl (C=O) groups excluding carboxylic acids is 1. The molecule has 1 aliphatic heterocycles. The lowest BCUT2D eigenvalue weighted by Gasteiger charge is -2.30. The number of likely N-dealkylation sites (tertiary alicyclic amines) is 1. The number of rotatable bonds is 6. The Morgan fingerprint density at radius 1 is 1.13 bits per heavy atom. The number of aryl methyl sites for hydroxylation is 1. The summed E-state index contributed by atoms with van der Waals surface area (Å²) in [6, 6.07) is 8.02. The Hall–Kier alpha value is -2.94. The molecule has 0 N–H and O–H groups in total. The molecule has 0 saturated carbocycles. The molecule has 0 aliphatic carbocycles. The highest BCUT2D eigenvalue weighted by molar-refractivity contribution is 7.11. The van der Waals surface area contributed by atoms with E-state index < -0.39 is 0 Å². The second kappa shape index (κ2) is 8.83. The monoisotopic (exact) mass is 427 g/mol. The van der Waals surface area contributed by atoms with Crippen molar-refractivity contribution in [2.45, 2.75) is 25.2 Å². The molecule has 3 aromatic rings. The largest absolute Gasteiger partial charge is 0.497 e. The van der Waals surface area contributed by atoms with Crippen LogP contribution in [0.2, 0.25) is 0 Å². The number of hydrogen-bond donors (Lipinski definition) is 0. The van der Waals surface area contributed by atoms with Gasteiger partial charge in [-0.3, -0.25) is 9.48 Å². The average Bonchev–Trinajstić information content (AvgIpc) is 3.40. The van der Waals surface area contributed by atoms with Gasteiger partial charge in [-0.15, -0.1) is 26.6 Å². The third kappa shape index (κ3) is 4.30. The average molecular weight is 428 g/mol. The normalized spacial score (nSPS) is 14.7. The summed E-state index contributed by atoms with van der Waals surface area (Å²) >= 11 is 1.67. The van der Waals surface area contributed by atoms with Crippen molar-refractivity contribution in [3.63, 3.8) is 0 Å². The van der Waals surface area contributed by atoms with Crippen LogP contribution >= 0.6 is 11.3 Å². The minimum absolute atomic E-state index is 0.0316. The van der Waals surface area contributed by atoms with Crippen molar-refractivity contribution in [1.82, 2.24) is 24.9 Å². The fourth-order valence-corrected chi connectivity index (χ4v) is 4.73. The summed E-state index contributed by atoms with van der Waals surface area (Å²) in [5, 5.41) is 15.1. The van der Waals surface area contributed by atoms with Crippen LogP contribution in [0.25, 0.3) is 0 Å². The van der Waals surface area contributed by atoms with Crippen LogP contribution < -0.4 is 9.47 Å². The van der Waals surface area contributed by atoms with Crippen LogP contribution in [0, 0.1) is 0 Å². The maximum absolute atomic E-state index is 12.8. The zero-order valence-corrected chi connectivity index (χ0v) is 18.2. The molecule has 1 amide bonds. The molecule has 1 aromatic carbocycles. The summed E-state index contributed by atoms with van der Waals surface area (Å²) in [6.07, 6.45) is 4.24. The van der Waals surface area contributed by atoms with Crippen molar-refractivity contribution in [3.05, 3.63) is 51.6 Å². The predicted molar refractivity (Wildman–Crippen MR) is 113 cm³/mol. The van der Waals surface area contributed by atoms with Gasteiger partial charge in [0.2, 0.25) is 5.88 Å². The number of benzene rings is 1. The molecule has 0 radical (unpaired) electrons. The van der Waals surface area contributed by atoms with Crippen molar-refractivity contribution >= 4 is 17.2 Å². The number of aromatic nitrogens is 4. The zero-order chi connectivity index (χ0) is 21.1. The first-order chi connectivity index (χ1) is 14.6. The van der Waals surface area contributed by atoms with Crippen LogP contribution in [0.3, 0.4) is 0 Å². The molecule has 3 heterocycles. The van der Waals surface area contributed by atoms with Crippen LogP contribution in [0.1, 0.15) is 44.7 Å². The van der Waals surface area contributed by atoms with Crippen LogP contribution in [0.15, 0.2) is 30.5 Å². The molecule has 0 bridgehead atoms. The first-order valence-corrected chi connectivity index (χ1v) is 10.7. The Morgan fingerprint density at radius 3 is 2.53 bits per heavy atom. The van der Waals surface area contributed by atoms with E-state index in [4.69, 9.17) is 9.47 Å². The molecule has 8 nitrogen and oxygen atoms in total. The van der Waals surface area contributed by atoms with Gasteiger partial charge in [-0.1, -0.05) is 12.1 Å². The van der Waals surface area contributed by atoms with Gasteiger partial charge in [-0.05, 0) is 30.5 Å². The number of ether oxygens (including phenoxy) is 2. The van der Waals surface area contributed by atoms with E-state index in [-0.39, 0.29) is 5.91 Å². The summed E-state index contributed by atoms with van der Waals surface area (Å²) in [4.78, 5) is 14.7. The quantitative estimate of drug-likeness (QED) is 0.602. The second-order valence-electron chi connectivity index (χ2n) is 7.35. The van der Waals surface area contributed by atoms with E-state index >= 15 is 0 Å². The molecule has 30 heavy (non-hydrogen) atoms. The SMILES string of the molecule is COc1ccc(Cc2nnc(C3CCN(C(=O)c4cn(C)nc4OC)CC3)s2)cc1. The van der Waals surface area contributed by atoms with Crippen LogP contribution in [0.5, 0.6) is 11.6 Å². The van der Waals surface area contributed by atoms with Crippen molar-refractivity contribution < 1.29 is 14.3 Å². The van der Waals surface area contributed by atoms with Gasteiger partial charge in [0, 0.05) is 38.7 Å². The molecule has 9 heteroatoms. The smallest absolute Gasteiger partial charge is 0.260 e. The predicted octanol–water partition coefficient (Wildman–Crippen LogP) is 2.90. The molecular weight excluding hydrogens is 402 g/mol.